The monoisotopic (exact) mass is 308 g/mol. The van der Waals surface area contributed by atoms with E-state index in [0.717, 1.165) is 0 Å². The molecule has 0 unspecified atom stereocenters. The Hall–Kier alpha value is -2.44. The first-order valence-electron chi connectivity index (χ1n) is 6.84. The Labute approximate surface area is 128 Å². The molecule has 0 spiro atoms. The van der Waals surface area contributed by atoms with Gasteiger partial charge in [-0.15, -0.1) is 0 Å². The van der Waals surface area contributed by atoms with E-state index in [1.165, 1.54) is 25.1 Å². The van der Waals surface area contributed by atoms with Crippen molar-refractivity contribution >= 4 is 23.3 Å². The summed E-state index contributed by atoms with van der Waals surface area (Å²) in [5, 5.41) is 13.3. The van der Waals surface area contributed by atoms with E-state index in [0.29, 0.717) is 0 Å². The number of nitro benzene ring substituents is 1. The molecule has 0 aliphatic heterocycles. The SMILES string of the molecule is C[C@H](OC(=O)CC(C)(C)C)C(=O)Nc1ccccc1[N+](=O)[O-]. The predicted molar refractivity (Wildman–Crippen MR) is 81.4 cm³/mol. The number of carbonyl (C=O) groups is 2. The first-order chi connectivity index (χ1) is 10.1. The highest BCUT2D eigenvalue weighted by atomic mass is 16.6. The van der Waals surface area contributed by atoms with E-state index in [4.69, 9.17) is 4.74 Å². The molecule has 0 heterocycles. The van der Waals surface area contributed by atoms with Crippen LogP contribution in [0.25, 0.3) is 0 Å². The number of anilines is 1. The Bertz CT molecular complexity index is 578. The lowest BCUT2D eigenvalue weighted by molar-refractivity contribution is -0.383. The maximum absolute atomic E-state index is 12.0. The van der Waals surface area contributed by atoms with Crippen LogP contribution >= 0.6 is 0 Å². The van der Waals surface area contributed by atoms with Crippen molar-refractivity contribution in [1.82, 2.24) is 0 Å². The average Bonchev–Trinajstić information content (AvgIpc) is 2.36. The molecule has 1 aromatic rings. The third-order valence-electron chi connectivity index (χ3n) is 2.71. The first kappa shape index (κ1) is 17.6. The predicted octanol–water partition coefficient (Wildman–Crippen LogP) is 2.90. The summed E-state index contributed by atoms with van der Waals surface area (Å²) < 4.78 is 5.04. The fourth-order valence-corrected chi connectivity index (χ4v) is 1.70. The quantitative estimate of drug-likeness (QED) is 0.512. The van der Waals surface area contributed by atoms with E-state index in [9.17, 15) is 19.7 Å². The molecule has 0 aliphatic carbocycles. The molecule has 0 aromatic heterocycles. The van der Waals surface area contributed by atoms with Gasteiger partial charge in [-0.3, -0.25) is 19.7 Å². The minimum absolute atomic E-state index is 0.0659. The lowest BCUT2D eigenvalue weighted by Crippen LogP contribution is -2.31. The molecule has 1 atom stereocenters. The molecule has 0 saturated heterocycles. The molecule has 0 bridgehead atoms. The number of esters is 1. The topological polar surface area (TPSA) is 98.5 Å². The summed E-state index contributed by atoms with van der Waals surface area (Å²) >= 11 is 0. The number of benzene rings is 1. The van der Waals surface area contributed by atoms with Crippen molar-refractivity contribution in [2.45, 2.75) is 40.2 Å². The number of para-hydroxylation sites is 2. The second-order valence-electron chi connectivity index (χ2n) is 6.13. The largest absolute Gasteiger partial charge is 0.453 e. The highest BCUT2D eigenvalue weighted by molar-refractivity contribution is 5.96. The van der Waals surface area contributed by atoms with Crippen molar-refractivity contribution < 1.29 is 19.2 Å². The van der Waals surface area contributed by atoms with Crippen molar-refractivity contribution in [3.63, 3.8) is 0 Å². The summed E-state index contributed by atoms with van der Waals surface area (Å²) in [7, 11) is 0. The summed E-state index contributed by atoms with van der Waals surface area (Å²) in [5.41, 5.74) is -0.397. The van der Waals surface area contributed by atoms with Crippen molar-refractivity contribution in [2.24, 2.45) is 5.41 Å². The van der Waals surface area contributed by atoms with Crippen LogP contribution in [0.2, 0.25) is 0 Å². The van der Waals surface area contributed by atoms with Gasteiger partial charge in [0, 0.05) is 6.07 Å². The van der Waals surface area contributed by atoms with E-state index in [-0.39, 0.29) is 23.2 Å². The smallest absolute Gasteiger partial charge is 0.307 e. The Balaban J connectivity index is 2.69. The van der Waals surface area contributed by atoms with E-state index in [2.05, 4.69) is 5.32 Å². The van der Waals surface area contributed by atoms with Crippen LogP contribution in [-0.2, 0) is 14.3 Å². The number of carbonyl (C=O) groups excluding carboxylic acids is 2. The molecule has 7 nitrogen and oxygen atoms in total. The normalized spacial score (nSPS) is 12.4. The van der Waals surface area contributed by atoms with E-state index >= 15 is 0 Å². The number of hydrogen-bond acceptors (Lipinski definition) is 5. The molecular formula is C15H20N2O5. The van der Waals surface area contributed by atoms with Gasteiger partial charge < -0.3 is 10.1 Å². The molecule has 0 radical (unpaired) electrons. The maximum atomic E-state index is 12.0. The zero-order valence-corrected chi connectivity index (χ0v) is 13.1. The number of hydrogen-bond donors (Lipinski definition) is 1. The molecule has 0 saturated carbocycles. The van der Waals surface area contributed by atoms with Crippen LogP contribution < -0.4 is 5.32 Å². The number of nitro groups is 1. The number of rotatable bonds is 5. The Kier molecular flexibility index (Phi) is 5.62. The molecule has 1 N–H and O–H groups in total. The van der Waals surface area contributed by atoms with Gasteiger partial charge in [-0.2, -0.15) is 0 Å². The number of nitrogens with one attached hydrogen (secondary N) is 1. The van der Waals surface area contributed by atoms with Crippen LogP contribution in [0.3, 0.4) is 0 Å². The van der Waals surface area contributed by atoms with Gasteiger partial charge >= 0.3 is 5.97 Å². The van der Waals surface area contributed by atoms with Gasteiger partial charge in [0.2, 0.25) is 0 Å². The maximum Gasteiger partial charge on any atom is 0.307 e. The standard InChI is InChI=1S/C15H20N2O5/c1-10(22-13(18)9-15(2,3)4)14(19)16-11-7-5-6-8-12(11)17(20)21/h5-8,10H,9H2,1-4H3,(H,16,19)/t10-/m0/s1. The first-order valence-corrected chi connectivity index (χ1v) is 6.84. The van der Waals surface area contributed by atoms with Gasteiger partial charge in [0.15, 0.2) is 6.10 Å². The van der Waals surface area contributed by atoms with Gasteiger partial charge in [0.1, 0.15) is 5.69 Å². The zero-order valence-electron chi connectivity index (χ0n) is 13.1. The number of nitrogens with zero attached hydrogens (tertiary/aromatic N) is 1. The van der Waals surface area contributed by atoms with E-state index in [1.54, 1.807) is 6.07 Å². The second kappa shape index (κ2) is 7.02. The minimum Gasteiger partial charge on any atom is -0.453 e. The molecule has 7 heteroatoms. The van der Waals surface area contributed by atoms with Crippen LogP contribution in [-0.4, -0.2) is 22.9 Å². The van der Waals surface area contributed by atoms with Gasteiger partial charge in [-0.05, 0) is 18.4 Å². The van der Waals surface area contributed by atoms with Gasteiger partial charge in [0.05, 0.1) is 11.3 Å². The van der Waals surface area contributed by atoms with E-state index in [1.807, 2.05) is 20.8 Å². The summed E-state index contributed by atoms with van der Waals surface area (Å²) in [6.07, 6.45) is -0.856. The highest BCUT2D eigenvalue weighted by Crippen LogP contribution is 2.24. The molecule has 1 aromatic carbocycles. The highest BCUT2D eigenvalue weighted by Gasteiger charge is 2.24. The summed E-state index contributed by atoms with van der Waals surface area (Å²) in [5.74, 6) is -1.10. The van der Waals surface area contributed by atoms with Crippen molar-refractivity contribution in [3.05, 3.63) is 34.4 Å². The third-order valence-corrected chi connectivity index (χ3v) is 2.71. The third kappa shape index (κ3) is 5.51. The minimum atomic E-state index is -1.03. The molecule has 22 heavy (non-hydrogen) atoms. The average molecular weight is 308 g/mol. The van der Waals surface area contributed by atoms with Crippen LogP contribution in [0.5, 0.6) is 0 Å². The summed E-state index contributed by atoms with van der Waals surface area (Å²) in [4.78, 5) is 34.0. The van der Waals surface area contributed by atoms with Crippen LogP contribution in [0.1, 0.15) is 34.1 Å². The van der Waals surface area contributed by atoms with Crippen molar-refractivity contribution in [2.75, 3.05) is 5.32 Å². The van der Waals surface area contributed by atoms with Crippen molar-refractivity contribution in [1.29, 1.82) is 0 Å². The molecule has 0 aliphatic rings. The van der Waals surface area contributed by atoms with Crippen LogP contribution in [0.15, 0.2) is 24.3 Å². The van der Waals surface area contributed by atoms with E-state index < -0.39 is 22.9 Å². The molecular weight excluding hydrogens is 288 g/mol. The van der Waals surface area contributed by atoms with Crippen LogP contribution in [0, 0.1) is 15.5 Å². The van der Waals surface area contributed by atoms with Crippen LogP contribution in [0.4, 0.5) is 11.4 Å². The molecule has 120 valence electrons. The second-order valence-corrected chi connectivity index (χ2v) is 6.13. The summed E-state index contributed by atoms with van der Waals surface area (Å²) in [6, 6.07) is 5.77. The Morgan fingerprint density at radius 1 is 1.32 bits per heavy atom. The Morgan fingerprint density at radius 3 is 2.45 bits per heavy atom. The number of amides is 1. The summed E-state index contributed by atoms with van der Waals surface area (Å²) in [6.45, 7) is 7.07. The molecule has 0 fully saturated rings. The molecule has 1 rings (SSSR count). The Morgan fingerprint density at radius 2 is 1.91 bits per heavy atom. The number of ether oxygens (including phenoxy) is 1. The molecule has 1 amide bonds. The lowest BCUT2D eigenvalue weighted by atomic mass is 9.92. The lowest BCUT2D eigenvalue weighted by Gasteiger charge is -2.19. The van der Waals surface area contributed by atoms with Gasteiger partial charge in [-0.1, -0.05) is 32.9 Å². The fraction of sp³-hybridized carbons (Fsp3) is 0.467. The van der Waals surface area contributed by atoms with Gasteiger partial charge in [-0.25, -0.2) is 0 Å². The zero-order chi connectivity index (χ0) is 16.9. The fourth-order valence-electron chi connectivity index (χ4n) is 1.70. The van der Waals surface area contributed by atoms with Gasteiger partial charge in [0.25, 0.3) is 11.6 Å². The van der Waals surface area contributed by atoms with Crippen molar-refractivity contribution in [3.8, 4) is 0 Å².